The fourth-order valence-electron chi connectivity index (χ4n) is 1.28. The number of rotatable bonds is 4. The number of carbonyl (C=O) groups excluding carboxylic acids is 1. The molecule has 6 nitrogen and oxygen atoms in total. The SMILES string of the molecule is CCOC(=O)c1cccc(NN)c1C(=O)O. The number of nitrogen functional groups attached to an aromatic ring is 1. The number of hydrazine groups is 1. The van der Waals surface area contributed by atoms with Gasteiger partial charge in [-0.25, -0.2) is 9.59 Å². The van der Waals surface area contributed by atoms with Gasteiger partial charge in [-0.05, 0) is 19.1 Å². The summed E-state index contributed by atoms with van der Waals surface area (Å²) < 4.78 is 4.75. The lowest BCUT2D eigenvalue weighted by Gasteiger charge is -2.09. The Hall–Kier alpha value is -2.08. The van der Waals surface area contributed by atoms with Crippen LogP contribution in [-0.4, -0.2) is 23.7 Å². The van der Waals surface area contributed by atoms with Crippen molar-refractivity contribution in [2.75, 3.05) is 12.0 Å². The first kappa shape index (κ1) is 12.0. The van der Waals surface area contributed by atoms with Crippen molar-refractivity contribution in [1.82, 2.24) is 0 Å². The van der Waals surface area contributed by atoms with E-state index in [-0.39, 0.29) is 23.4 Å². The highest BCUT2D eigenvalue weighted by atomic mass is 16.5. The molecule has 86 valence electrons. The van der Waals surface area contributed by atoms with Crippen molar-refractivity contribution in [1.29, 1.82) is 0 Å². The number of nitrogens with one attached hydrogen (secondary N) is 1. The summed E-state index contributed by atoms with van der Waals surface area (Å²) in [6.07, 6.45) is 0. The molecule has 0 aliphatic rings. The Morgan fingerprint density at radius 3 is 2.69 bits per heavy atom. The molecule has 1 aromatic carbocycles. The molecule has 1 rings (SSSR count). The van der Waals surface area contributed by atoms with E-state index in [4.69, 9.17) is 15.7 Å². The second-order valence-corrected chi connectivity index (χ2v) is 2.90. The van der Waals surface area contributed by atoms with Gasteiger partial charge in [0.25, 0.3) is 0 Å². The molecule has 0 atom stereocenters. The number of hydrogen-bond donors (Lipinski definition) is 3. The number of carboxylic acid groups (broad SMARTS) is 1. The van der Waals surface area contributed by atoms with Crippen molar-refractivity contribution in [3.8, 4) is 0 Å². The van der Waals surface area contributed by atoms with Crippen LogP contribution in [-0.2, 0) is 4.74 Å². The van der Waals surface area contributed by atoms with Crippen LogP contribution in [0, 0.1) is 0 Å². The molecule has 0 aromatic heterocycles. The third-order valence-electron chi connectivity index (χ3n) is 1.93. The van der Waals surface area contributed by atoms with Gasteiger partial charge in [-0.2, -0.15) is 0 Å². The molecule has 0 heterocycles. The largest absolute Gasteiger partial charge is 0.478 e. The second kappa shape index (κ2) is 5.13. The summed E-state index contributed by atoms with van der Waals surface area (Å²) in [7, 11) is 0. The zero-order valence-corrected chi connectivity index (χ0v) is 8.69. The first-order valence-corrected chi connectivity index (χ1v) is 4.61. The number of hydrogen-bond acceptors (Lipinski definition) is 5. The molecule has 0 unspecified atom stereocenters. The van der Waals surface area contributed by atoms with Crippen LogP contribution in [0.2, 0.25) is 0 Å². The van der Waals surface area contributed by atoms with Gasteiger partial charge in [0, 0.05) is 0 Å². The van der Waals surface area contributed by atoms with Crippen LogP contribution in [0.3, 0.4) is 0 Å². The first-order chi connectivity index (χ1) is 7.61. The summed E-state index contributed by atoms with van der Waals surface area (Å²) in [6, 6.07) is 4.36. The smallest absolute Gasteiger partial charge is 0.339 e. The fraction of sp³-hybridized carbons (Fsp3) is 0.200. The Kier molecular flexibility index (Phi) is 3.84. The van der Waals surface area contributed by atoms with Gasteiger partial charge in [0.15, 0.2) is 0 Å². The van der Waals surface area contributed by atoms with E-state index in [1.165, 1.54) is 18.2 Å². The third kappa shape index (κ3) is 2.29. The summed E-state index contributed by atoms with van der Waals surface area (Å²) in [6.45, 7) is 1.82. The maximum atomic E-state index is 11.5. The van der Waals surface area contributed by atoms with E-state index in [2.05, 4.69) is 5.43 Å². The number of carboxylic acids is 1. The van der Waals surface area contributed by atoms with Crippen molar-refractivity contribution < 1.29 is 19.4 Å². The minimum absolute atomic E-state index is 0.0233. The number of ether oxygens (including phenoxy) is 1. The minimum Gasteiger partial charge on any atom is -0.478 e. The van der Waals surface area contributed by atoms with Crippen molar-refractivity contribution >= 4 is 17.6 Å². The molecule has 0 fully saturated rings. The van der Waals surface area contributed by atoms with E-state index >= 15 is 0 Å². The average Bonchev–Trinajstić information content (AvgIpc) is 2.28. The normalized spacial score (nSPS) is 9.62. The fourth-order valence-corrected chi connectivity index (χ4v) is 1.28. The molecule has 0 saturated heterocycles. The standard InChI is InChI=1S/C10H12N2O4/c1-2-16-10(15)6-4-3-5-7(12-11)8(6)9(13)14/h3-5,12H,2,11H2,1H3,(H,13,14). The van der Waals surface area contributed by atoms with Gasteiger partial charge in [0.1, 0.15) is 0 Å². The van der Waals surface area contributed by atoms with Crippen LogP contribution in [0.4, 0.5) is 5.69 Å². The molecule has 0 amide bonds. The molecule has 1 aromatic rings. The van der Waals surface area contributed by atoms with Crippen molar-refractivity contribution in [2.24, 2.45) is 5.84 Å². The number of esters is 1. The number of benzene rings is 1. The molecule has 0 saturated carbocycles. The highest BCUT2D eigenvalue weighted by Gasteiger charge is 2.20. The van der Waals surface area contributed by atoms with Crippen LogP contribution in [0.25, 0.3) is 0 Å². The van der Waals surface area contributed by atoms with Gasteiger partial charge >= 0.3 is 11.9 Å². The Morgan fingerprint density at radius 2 is 2.19 bits per heavy atom. The van der Waals surface area contributed by atoms with Gasteiger partial charge in [-0.3, -0.25) is 5.84 Å². The Balaban J connectivity index is 3.27. The number of carbonyl (C=O) groups is 2. The van der Waals surface area contributed by atoms with Crippen molar-refractivity contribution in [3.63, 3.8) is 0 Å². The van der Waals surface area contributed by atoms with Crippen LogP contribution in [0.1, 0.15) is 27.6 Å². The summed E-state index contributed by atoms with van der Waals surface area (Å²) in [4.78, 5) is 22.5. The quantitative estimate of drug-likeness (QED) is 0.398. The molecule has 0 aliphatic carbocycles. The molecule has 0 bridgehead atoms. The molecule has 4 N–H and O–H groups in total. The molecule has 0 radical (unpaired) electrons. The monoisotopic (exact) mass is 224 g/mol. The maximum absolute atomic E-state index is 11.5. The van der Waals surface area contributed by atoms with Gasteiger partial charge in [-0.1, -0.05) is 6.07 Å². The van der Waals surface area contributed by atoms with Crippen LogP contribution >= 0.6 is 0 Å². The van der Waals surface area contributed by atoms with Gasteiger partial charge in [0.2, 0.25) is 0 Å². The van der Waals surface area contributed by atoms with Crippen molar-refractivity contribution in [3.05, 3.63) is 29.3 Å². The lowest BCUT2D eigenvalue weighted by atomic mass is 10.1. The highest BCUT2D eigenvalue weighted by molar-refractivity contribution is 6.06. The summed E-state index contributed by atoms with van der Waals surface area (Å²) in [5.74, 6) is 3.24. The lowest BCUT2D eigenvalue weighted by Crippen LogP contribution is -2.17. The minimum atomic E-state index is -1.24. The summed E-state index contributed by atoms with van der Waals surface area (Å²) in [5.41, 5.74) is 2.18. The number of aromatic carboxylic acids is 1. The maximum Gasteiger partial charge on any atom is 0.339 e. The Labute approximate surface area is 92.0 Å². The van der Waals surface area contributed by atoms with E-state index in [1.807, 2.05) is 0 Å². The van der Waals surface area contributed by atoms with E-state index in [0.29, 0.717) is 0 Å². The van der Waals surface area contributed by atoms with Gasteiger partial charge in [-0.15, -0.1) is 0 Å². The molecular formula is C10H12N2O4. The van der Waals surface area contributed by atoms with Crippen molar-refractivity contribution in [2.45, 2.75) is 6.92 Å². The third-order valence-corrected chi connectivity index (χ3v) is 1.93. The molecule has 16 heavy (non-hydrogen) atoms. The predicted octanol–water partition coefficient (Wildman–Crippen LogP) is 0.847. The summed E-state index contributed by atoms with van der Waals surface area (Å²) >= 11 is 0. The van der Waals surface area contributed by atoms with E-state index in [9.17, 15) is 9.59 Å². The predicted molar refractivity (Wildman–Crippen MR) is 57.2 cm³/mol. The topological polar surface area (TPSA) is 102 Å². The van der Waals surface area contributed by atoms with Crippen LogP contribution in [0.15, 0.2) is 18.2 Å². The Morgan fingerprint density at radius 1 is 1.50 bits per heavy atom. The molecular weight excluding hydrogens is 212 g/mol. The first-order valence-electron chi connectivity index (χ1n) is 4.61. The number of nitrogens with two attached hydrogens (primary N) is 1. The highest BCUT2D eigenvalue weighted by Crippen LogP contribution is 2.20. The van der Waals surface area contributed by atoms with E-state index in [1.54, 1.807) is 6.92 Å². The zero-order valence-electron chi connectivity index (χ0n) is 8.69. The lowest BCUT2D eigenvalue weighted by molar-refractivity contribution is 0.0515. The van der Waals surface area contributed by atoms with Gasteiger partial charge < -0.3 is 15.3 Å². The molecule has 6 heteroatoms. The van der Waals surface area contributed by atoms with Crippen LogP contribution < -0.4 is 11.3 Å². The molecule has 0 spiro atoms. The zero-order chi connectivity index (χ0) is 12.1. The van der Waals surface area contributed by atoms with Crippen LogP contribution in [0.5, 0.6) is 0 Å². The molecule has 0 aliphatic heterocycles. The van der Waals surface area contributed by atoms with E-state index < -0.39 is 11.9 Å². The second-order valence-electron chi connectivity index (χ2n) is 2.90. The van der Waals surface area contributed by atoms with Gasteiger partial charge in [0.05, 0.1) is 23.4 Å². The average molecular weight is 224 g/mol. The number of anilines is 1. The Bertz CT molecular complexity index is 417. The summed E-state index contributed by atoms with van der Waals surface area (Å²) in [5, 5.41) is 8.99. The van der Waals surface area contributed by atoms with E-state index in [0.717, 1.165) is 0 Å².